The summed E-state index contributed by atoms with van der Waals surface area (Å²) in [5.41, 5.74) is 3.09. The molecule has 0 radical (unpaired) electrons. The number of aliphatic hydroxyl groups excluding tert-OH is 1. The molecule has 3 heterocycles. The van der Waals surface area contributed by atoms with E-state index in [-0.39, 0.29) is 18.3 Å². The Morgan fingerprint density at radius 2 is 1.94 bits per heavy atom. The van der Waals surface area contributed by atoms with Crippen LogP contribution in [-0.2, 0) is 11.3 Å². The lowest BCUT2D eigenvalue weighted by atomic mass is 9.97. The summed E-state index contributed by atoms with van der Waals surface area (Å²) in [6, 6.07) is 8.36. The van der Waals surface area contributed by atoms with Crippen molar-refractivity contribution in [2.24, 2.45) is 0 Å². The number of amides is 1. The number of benzene rings is 2. The van der Waals surface area contributed by atoms with Crippen molar-refractivity contribution >= 4 is 34.4 Å². The van der Waals surface area contributed by atoms with E-state index in [0.29, 0.717) is 37.7 Å². The first-order valence-electron chi connectivity index (χ1n) is 11.2. The lowest BCUT2D eigenvalue weighted by molar-refractivity contribution is -0.126. The average molecular weight is 481 g/mol. The van der Waals surface area contributed by atoms with Crippen LogP contribution in [0, 0.1) is 12.7 Å². The third-order valence-electron chi connectivity index (χ3n) is 6.41. The van der Waals surface area contributed by atoms with Gasteiger partial charge in [-0.2, -0.15) is 4.98 Å². The van der Waals surface area contributed by atoms with Gasteiger partial charge in [-0.25, -0.2) is 9.18 Å². The summed E-state index contributed by atoms with van der Waals surface area (Å²) in [6.45, 7) is 7.85. The minimum Gasteiger partial charge on any atom is -0.390 e. The average Bonchev–Trinajstić information content (AvgIpc) is 3.01. The second-order valence-electron chi connectivity index (χ2n) is 8.61. The molecular formula is C25H25FN4O3S. The van der Waals surface area contributed by atoms with Crippen LogP contribution in [0.3, 0.4) is 0 Å². The topological polar surface area (TPSA) is 78.7 Å². The van der Waals surface area contributed by atoms with E-state index < -0.39 is 11.8 Å². The van der Waals surface area contributed by atoms with Crippen LogP contribution < -0.4 is 10.6 Å². The van der Waals surface area contributed by atoms with Crippen molar-refractivity contribution in [3.05, 3.63) is 64.9 Å². The second kappa shape index (κ2) is 8.88. The molecule has 0 spiro atoms. The molecule has 2 aliphatic heterocycles. The molecule has 1 saturated heterocycles. The predicted octanol–water partition coefficient (Wildman–Crippen LogP) is 2.81. The number of aryl methyl sites for hydroxylation is 1. The van der Waals surface area contributed by atoms with Crippen LogP contribution in [0.15, 0.2) is 52.7 Å². The first kappa shape index (κ1) is 22.6. The van der Waals surface area contributed by atoms with E-state index in [4.69, 9.17) is 0 Å². The van der Waals surface area contributed by atoms with Crippen molar-refractivity contribution in [3.8, 4) is 11.1 Å². The third kappa shape index (κ3) is 3.88. The molecule has 5 rings (SSSR count). The van der Waals surface area contributed by atoms with Gasteiger partial charge >= 0.3 is 5.69 Å². The summed E-state index contributed by atoms with van der Waals surface area (Å²) in [6.07, 6.45) is 0.621. The Balaban J connectivity index is 1.70. The molecule has 2 aromatic carbocycles. The summed E-state index contributed by atoms with van der Waals surface area (Å²) >= 11 is 1.51. The fourth-order valence-electron chi connectivity index (χ4n) is 4.76. The summed E-state index contributed by atoms with van der Waals surface area (Å²) in [7, 11) is 0. The number of anilines is 1. The molecule has 7 nitrogen and oxygen atoms in total. The van der Waals surface area contributed by atoms with Gasteiger partial charge in [-0.1, -0.05) is 18.7 Å². The van der Waals surface area contributed by atoms with E-state index in [9.17, 15) is 19.1 Å². The number of piperazine rings is 1. The van der Waals surface area contributed by atoms with Gasteiger partial charge in [0.2, 0.25) is 5.91 Å². The zero-order chi connectivity index (χ0) is 24.0. The van der Waals surface area contributed by atoms with Crippen molar-refractivity contribution in [3.63, 3.8) is 0 Å². The van der Waals surface area contributed by atoms with E-state index in [2.05, 4.69) is 11.6 Å². The molecule has 0 saturated carbocycles. The van der Waals surface area contributed by atoms with Crippen LogP contribution in [0.5, 0.6) is 0 Å². The van der Waals surface area contributed by atoms with E-state index in [0.717, 1.165) is 32.5 Å². The fraction of sp³-hybridized carbons (Fsp3) is 0.320. The third-order valence-corrected chi connectivity index (χ3v) is 7.65. The highest BCUT2D eigenvalue weighted by Gasteiger charge is 2.28. The van der Waals surface area contributed by atoms with Crippen molar-refractivity contribution in [1.29, 1.82) is 0 Å². The maximum absolute atomic E-state index is 13.6. The maximum atomic E-state index is 13.6. The molecule has 9 heteroatoms. The van der Waals surface area contributed by atoms with E-state index in [1.54, 1.807) is 21.6 Å². The van der Waals surface area contributed by atoms with Crippen LogP contribution in [0.25, 0.3) is 22.0 Å². The SMILES string of the molecule is C=CC(=O)N1CCN(c2nc(=O)n3c4c(c(-c5ccc(F)cc5)c(C)cc24)SCC(O)C3)CC1. The lowest BCUT2D eigenvalue weighted by Crippen LogP contribution is -2.49. The Labute approximate surface area is 200 Å². The number of aliphatic hydroxyl groups is 1. The summed E-state index contributed by atoms with van der Waals surface area (Å²) in [4.78, 5) is 34.3. The summed E-state index contributed by atoms with van der Waals surface area (Å²) in [5.74, 6) is 0.611. The van der Waals surface area contributed by atoms with Crippen LogP contribution >= 0.6 is 11.8 Å². The van der Waals surface area contributed by atoms with Crippen LogP contribution in [-0.4, -0.2) is 63.5 Å². The molecule has 2 aliphatic rings. The molecule has 1 aromatic heterocycles. The molecule has 1 fully saturated rings. The normalized spacial score (nSPS) is 18.1. The molecule has 34 heavy (non-hydrogen) atoms. The van der Waals surface area contributed by atoms with E-state index in [1.165, 1.54) is 30.0 Å². The Bertz CT molecular complexity index is 1350. The predicted molar refractivity (Wildman–Crippen MR) is 132 cm³/mol. The number of nitrogens with zero attached hydrogens (tertiary/aromatic N) is 4. The van der Waals surface area contributed by atoms with E-state index in [1.807, 2.05) is 17.9 Å². The first-order chi connectivity index (χ1) is 16.4. The van der Waals surface area contributed by atoms with Crippen LogP contribution in [0.1, 0.15) is 5.56 Å². The number of hydrogen-bond acceptors (Lipinski definition) is 6. The highest BCUT2D eigenvalue weighted by Crippen LogP contribution is 2.43. The van der Waals surface area contributed by atoms with Crippen molar-refractivity contribution in [2.75, 3.05) is 36.8 Å². The van der Waals surface area contributed by atoms with Gasteiger partial charge < -0.3 is 14.9 Å². The van der Waals surface area contributed by atoms with Gasteiger partial charge in [0.15, 0.2) is 0 Å². The Morgan fingerprint density at radius 1 is 1.24 bits per heavy atom. The Kier molecular flexibility index (Phi) is 5.91. The number of carbonyl (C=O) groups is 1. The standard InChI is InChI=1S/C25H25FN4O3S/c1-3-20(32)28-8-10-29(11-9-28)24-19-12-15(2)21(16-4-6-17(26)7-5-16)23-22(19)30(25(33)27-24)13-18(31)14-34-23/h3-7,12,18,31H,1,8-11,13-14H2,2H3. The van der Waals surface area contributed by atoms with Crippen LogP contribution in [0.4, 0.5) is 10.2 Å². The molecule has 1 N–H and O–H groups in total. The highest BCUT2D eigenvalue weighted by molar-refractivity contribution is 7.99. The first-order valence-corrected chi connectivity index (χ1v) is 12.2. The van der Waals surface area contributed by atoms with Crippen molar-refractivity contribution < 1.29 is 14.3 Å². The second-order valence-corrected chi connectivity index (χ2v) is 9.64. The molecule has 176 valence electrons. The van der Waals surface area contributed by atoms with Gasteiger partial charge in [0.05, 0.1) is 18.2 Å². The monoisotopic (exact) mass is 480 g/mol. The van der Waals surface area contributed by atoms with Gasteiger partial charge in [-0.05, 0) is 42.3 Å². The summed E-state index contributed by atoms with van der Waals surface area (Å²) < 4.78 is 15.2. The van der Waals surface area contributed by atoms with Crippen LogP contribution in [0.2, 0.25) is 0 Å². The van der Waals surface area contributed by atoms with Gasteiger partial charge in [-0.3, -0.25) is 9.36 Å². The Hall–Kier alpha value is -3.17. The smallest absolute Gasteiger partial charge is 0.350 e. The molecule has 1 amide bonds. The van der Waals surface area contributed by atoms with Gasteiger partial charge in [0, 0.05) is 47.8 Å². The number of carbonyl (C=O) groups excluding carboxylic acids is 1. The Morgan fingerprint density at radius 3 is 2.62 bits per heavy atom. The highest BCUT2D eigenvalue weighted by atomic mass is 32.2. The van der Waals surface area contributed by atoms with Gasteiger partial charge in [0.25, 0.3) is 0 Å². The number of rotatable bonds is 3. The molecular weight excluding hydrogens is 455 g/mol. The summed E-state index contributed by atoms with van der Waals surface area (Å²) in [5, 5.41) is 11.3. The minimum absolute atomic E-state index is 0.105. The lowest BCUT2D eigenvalue weighted by Gasteiger charge is -2.35. The van der Waals surface area contributed by atoms with Crippen molar-refractivity contribution in [2.45, 2.75) is 24.5 Å². The zero-order valence-corrected chi connectivity index (χ0v) is 19.6. The van der Waals surface area contributed by atoms with Gasteiger partial charge in [0.1, 0.15) is 11.6 Å². The van der Waals surface area contributed by atoms with Gasteiger partial charge in [-0.15, -0.1) is 11.8 Å². The fourth-order valence-corrected chi connectivity index (χ4v) is 6.00. The van der Waals surface area contributed by atoms with E-state index >= 15 is 0 Å². The number of hydrogen-bond donors (Lipinski definition) is 1. The molecule has 1 unspecified atom stereocenters. The number of thioether (sulfide) groups is 1. The molecule has 3 aromatic rings. The number of aromatic nitrogens is 2. The largest absolute Gasteiger partial charge is 0.390 e. The quantitative estimate of drug-likeness (QED) is 0.581. The molecule has 0 aliphatic carbocycles. The molecule has 1 atom stereocenters. The zero-order valence-electron chi connectivity index (χ0n) is 18.8. The molecule has 0 bridgehead atoms. The van der Waals surface area contributed by atoms with Crippen molar-refractivity contribution in [1.82, 2.24) is 14.5 Å². The maximum Gasteiger partial charge on any atom is 0.350 e. The minimum atomic E-state index is -0.694. The number of halogens is 1.